The Morgan fingerprint density at radius 3 is 2.33 bits per heavy atom. The lowest BCUT2D eigenvalue weighted by Crippen LogP contribution is -2.44. The maximum atomic E-state index is 10.3. The summed E-state index contributed by atoms with van der Waals surface area (Å²) in [5.74, 6) is 0.103. The molecule has 0 aromatic heterocycles. The smallest absolute Gasteiger partial charge is 0.234 e. The van der Waals surface area contributed by atoms with Crippen LogP contribution in [0, 0.1) is 0 Å². The first-order valence-corrected chi connectivity index (χ1v) is 3.37. The van der Waals surface area contributed by atoms with Crippen LogP contribution in [-0.2, 0) is 4.79 Å². The summed E-state index contributed by atoms with van der Waals surface area (Å²) in [6.45, 7) is 6.17. The van der Waals surface area contributed by atoms with Crippen LogP contribution in [-0.4, -0.2) is 25.5 Å². The molecule has 0 spiro atoms. The van der Waals surface area contributed by atoms with E-state index < -0.39 is 0 Å². The zero-order valence-corrected chi connectivity index (χ0v) is 6.03. The van der Waals surface area contributed by atoms with E-state index >= 15 is 0 Å². The highest BCUT2D eigenvalue weighted by Crippen LogP contribution is 1.69. The van der Waals surface area contributed by atoms with E-state index in [4.69, 9.17) is 0 Å². The normalized spacial score (nSPS) is 17.3. The van der Waals surface area contributed by atoms with Gasteiger partial charge in [-0.25, -0.2) is 0 Å². The number of carbonyl (C=O) groups is 1. The lowest BCUT2D eigenvalue weighted by Gasteiger charge is -2.11. The Hall–Kier alpha value is -0.570. The van der Waals surface area contributed by atoms with Gasteiger partial charge in [0.2, 0.25) is 5.91 Å². The lowest BCUT2D eigenvalue weighted by atomic mass is 10.4. The summed E-state index contributed by atoms with van der Waals surface area (Å²) in [5, 5.41) is 5.60. The Morgan fingerprint density at radius 1 is 1.44 bits per heavy atom. The second-order valence-electron chi connectivity index (χ2n) is 1.53. The fraction of sp³-hybridized carbons (Fsp3) is 0.833. The monoisotopic (exact) mass is 132 g/mol. The summed E-state index contributed by atoms with van der Waals surface area (Å²) in [7, 11) is 0. The molecule has 0 unspecified atom stereocenters. The molecule has 1 saturated heterocycles. The van der Waals surface area contributed by atoms with Crippen LogP contribution in [0.15, 0.2) is 0 Å². The summed E-state index contributed by atoms with van der Waals surface area (Å²) in [6.07, 6.45) is 0. The maximum Gasteiger partial charge on any atom is 0.234 e. The van der Waals surface area contributed by atoms with Crippen molar-refractivity contribution in [2.45, 2.75) is 13.8 Å². The third-order valence-electron chi connectivity index (χ3n) is 0.910. The summed E-state index contributed by atoms with van der Waals surface area (Å²) in [6, 6.07) is 0. The van der Waals surface area contributed by atoms with Crippen molar-refractivity contribution in [2.75, 3.05) is 19.6 Å². The van der Waals surface area contributed by atoms with Crippen LogP contribution in [0.1, 0.15) is 15.3 Å². The molecule has 0 aromatic carbocycles. The first-order chi connectivity index (χ1) is 4.39. The summed E-state index contributed by atoms with van der Waals surface area (Å²) in [4.78, 5) is 10.3. The molecule has 9 heavy (non-hydrogen) atoms. The van der Waals surface area contributed by atoms with Gasteiger partial charge in [0.15, 0.2) is 0 Å². The van der Waals surface area contributed by atoms with Gasteiger partial charge in [0, 0.05) is 14.5 Å². The number of carbonyl (C=O) groups excluding carboxylic acids is 1. The van der Waals surface area contributed by atoms with Gasteiger partial charge in [0.1, 0.15) is 0 Å². The molecule has 3 heteroatoms. The van der Waals surface area contributed by atoms with Crippen molar-refractivity contribution in [2.24, 2.45) is 0 Å². The molecule has 3 nitrogen and oxygen atoms in total. The molecular weight excluding hydrogens is 116 g/mol. The van der Waals surface area contributed by atoms with Crippen molar-refractivity contribution in [1.29, 1.82) is 0 Å². The fourth-order valence-electron chi connectivity index (χ4n) is 0.555. The minimum absolute atomic E-state index is 0. The van der Waals surface area contributed by atoms with E-state index in [0.29, 0.717) is 6.54 Å². The Bertz CT molecular complexity index is 79.8. The molecule has 0 aromatic rings. The summed E-state index contributed by atoms with van der Waals surface area (Å²) < 4.78 is 0. The Kier molecular flexibility index (Phi) is 5.21. The van der Waals surface area contributed by atoms with Gasteiger partial charge in [-0.1, -0.05) is 13.8 Å². The molecule has 0 aliphatic carbocycles. The molecule has 1 rings (SSSR count). The molecule has 0 radical (unpaired) electrons. The second-order valence-corrected chi connectivity index (χ2v) is 1.53. The molecule has 1 amide bonds. The van der Waals surface area contributed by atoms with Gasteiger partial charge in [-0.15, -0.1) is 0 Å². The van der Waals surface area contributed by atoms with Crippen LogP contribution in [0.3, 0.4) is 0 Å². The molecule has 2 N–H and O–H groups in total. The van der Waals surface area contributed by atoms with Crippen molar-refractivity contribution in [3.05, 3.63) is 0 Å². The highest BCUT2D eigenvalue weighted by atomic mass is 16.2. The topological polar surface area (TPSA) is 41.1 Å². The van der Waals surface area contributed by atoms with Gasteiger partial charge in [0.05, 0.1) is 6.54 Å². The van der Waals surface area contributed by atoms with Crippen LogP contribution in [0.25, 0.3) is 0 Å². The van der Waals surface area contributed by atoms with Crippen LogP contribution in [0.4, 0.5) is 0 Å². The van der Waals surface area contributed by atoms with Crippen LogP contribution >= 0.6 is 0 Å². The van der Waals surface area contributed by atoms with Crippen molar-refractivity contribution in [3.63, 3.8) is 0 Å². The Labute approximate surface area is 57.3 Å². The van der Waals surface area contributed by atoms with Gasteiger partial charge in [-0.3, -0.25) is 4.79 Å². The number of hydrogen-bond donors (Lipinski definition) is 2. The highest BCUT2D eigenvalue weighted by Gasteiger charge is 2.02. The van der Waals surface area contributed by atoms with Gasteiger partial charge in [-0.2, -0.15) is 0 Å². The minimum atomic E-state index is 0. The standard InChI is InChI=1S/C4H8N2O.C2H6.H2/c7-4-3-5-1-2-6-4;1-2;/h5H,1-3H2,(H,6,7);1-2H3;1H. The summed E-state index contributed by atoms with van der Waals surface area (Å²) in [5.41, 5.74) is 0. The quantitative estimate of drug-likeness (QED) is 0.486. The molecular formula is C6H16N2O. The number of rotatable bonds is 0. The molecule has 1 heterocycles. The molecule has 1 aliphatic rings. The molecule has 0 bridgehead atoms. The summed E-state index contributed by atoms with van der Waals surface area (Å²) >= 11 is 0. The fourth-order valence-corrected chi connectivity index (χ4v) is 0.555. The molecule has 0 saturated carbocycles. The second kappa shape index (κ2) is 5.56. The van der Waals surface area contributed by atoms with Crippen LogP contribution in [0.5, 0.6) is 0 Å². The van der Waals surface area contributed by atoms with E-state index in [9.17, 15) is 4.79 Å². The van der Waals surface area contributed by atoms with Gasteiger partial charge in [-0.05, 0) is 0 Å². The lowest BCUT2D eigenvalue weighted by molar-refractivity contribution is -0.121. The highest BCUT2D eigenvalue weighted by molar-refractivity contribution is 5.78. The van der Waals surface area contributed by atoms with Gasteiger partial charge >= 0.3 is 0 Å². The van der Waals surface area contributed by atoms with Crippen molar-refractivity contribution < 1.29 is 6.22 Å². The molecule has 1 fully saturated rings. The Balaban J connectivity index is 0. The number of amides is 1. The van der Waals surface area contributed by atoms with Crippen LogP contribution in [0.2, 0.25) is 0 Å². The molecule has 1 aliphatic heterocycles. The zero-order chi connectivity index (χ0) is 7.11. The van der Waals surface area contributed by atoms with Crippen molar-refractivity contribution in [3.8, 4) is 0 Å². The third-order valence-corrected chi connectivity index (χ3v) is 0.910. The third kappa shape index (κ3) is 3.97. The van der Waals surface area contributed by atoms with E-state index in [1.807, 2.05) is 13.8 Å². The SMILES string of the molecule is CC.O=C1CNCCN1.[HH]. The average molecular weight is 132 g/mol. The largest absolute Gasteiger partial charge is 0.354 e. The maximum absolute atomic E-state index is 10.3. The van der Waals surface area contributed by atoms with E-state index in [1.165, 1.54) is 0 Å². The predicted molar refractivity (Wildman–Crippen MR) is 39.3 cm³/mol. The zero-order valence-electron chi connectivity index (χ0n) is 6.03. The Morgan fingerprint density at radius 2 is 2.11 bits per heavy atom. The number of nitrogens with one attached hydrogen (secondary N) is 2. The number of piperazine rings is 1. The van der Waals surface area contributed by atoms with E-state index in [-0.39, 0.29) is 7.33 Å². The average Bonchev–Trinajstić information content (AvgIpc) is 1.94. The van der Waals surface area contributed by atoms with E-state index in [1.54, 1.807) is 0 Å². The minimum Gasteiger partial charge on any atom is -0.354 e. The molecule has 56 valence electrons. The van der Waals surface area contributed by atoms with Crippen molar-refractivity contribution in [1.82, 2.24) is 10.6 Å². The van der Waals surface area contributed by atoms with Gasteiger partial charge < -0.3 is 10.6 Å². The van der Waals surface area contributed by atoms with Crippen LogP contribution < -0.4 is 10.6 Å². The predicted octanol–water partition coefficient (Wildman–Crippen LogP) is -0.0220. The van der Waals surface area contributed by atoms with Crippen molar-refractivity contribution >= 4 is 5.91 Å². The number of hydrogen-bond acceptors (Lipinski definition) is 2. The van der Waals surface area contributed by atoms with E-state index in [0.717, 1.165) is 13.1 Å². The first-order valence-electron chi connectivity index (χ1n) is 3.37. The molecule has 0 atom stereocenters. The first kappa shape index (κ1) is 8.43. The van der Waals surface area contributed by atoms with Gasteiger partial charge in [0.25, 0.3) is 0 Å². The van der Waals surface area contributed by atoms with E-state index in [2.05, 4.69) is 10.6 Å².